The van der Waals surface area contributed by atoms with E-state index in [0.29, 0.717) is 34.2 Å². The van der Waals surface area contributed by atoms with Crippen LogP contribution in [0, 0.1) is 13.8 Å². The lowest BCUT2D eigenvalue weighted by Crippen LogP contribution is -2.26. The van der Waals surface area contributed by atoms with Gasteiger partial charge in [0.2, 0.25) is 0 Å². The van der Waals surface area contributed by atoms with Crippen LogP contribution in [0.15, 0.2) is 55.1 Å². The zero-order chi connectivity index (χ0) is 23.6. The standard InChI is InChI=1S/C22H20F3N7O/c1-13-20(15-6-9-26-17(10-15)22(23,24)25)14(2)32(31-13)12-19(33)30-18-5-4-16(11-29-18)21-27-7-3-8-28-21/h3-11,19,33H,12H2,1-2H3,(H,29,30). The molecule has 8 nitrogen and oxygen atoms in total. The van der Waals surface area contributed by atoms with E-state index in [1.165, 1.54) is 6.07 Å². The second-order valence-corrected chi connectivity index (χ2v) is 7.32. The lowest BCUT2D eigenvalue weighted by Gasteiger charge is -2.15. The second kappa shape index (κ2) is 8.94. The maximum absolute atomic E-state index is 13.1. The highest BCUT2D eigenvalue weighted by atomic mass is 19.4. The fourth-order valence-corrected chi connectivity index (χ4v) is 3.47. The van der Waals surface area contributed by atoms with Crippen LogP contribution in [0.3, 0.4) is 0 Å². The summed E-state index contributed by atoms with van der Waals surface area (Å²) in [5.74, 6) is 0.977. The summed E-state index contributed by atoms with van der Waals surface area (Å²) in [5, 5.41) is 17.8. The molecule has 0 aliphatic heterocycles. The maximum Gasteiger partial charge on any atom is 0.433 e. The van der Waals surface area contributed by atoms with Crippen LogP contribution in [0.2, 0.25) is 0 Å². The summed E-state index contributed by atoms with van der Waals surface area (Å²) in [4.78, 5) is 16.0. The summed E-state index contributed by atoms with van der Waals surface area (Å²) >= 11 is 0. The van der Waals surface area contributed by atoms with Gasteiger partial charge >= 0.3 is 6.18 Å². The minimum absolute atomic E-state index is 0.0646. The Balaban J connectivity index is 1.49. The molecule has 0 radical (unpaired) electrons. The van der Waals surface area contributed by atoms with Gasteiger partial charge in [-0.1, -0.05) is 0 Å². The largest absolute Gasteiger partial charge is 0.433 e. The third kappa shape index (κ3) is 4.98. The number of rotatable bonds is 6. The summed E-state index contributed by atoms with van der Waals surface area (Å²) in [7, 11) is 0. The molecule has 1 unspecified atom stereocenters. The number of aryl methyl sites for hydroxylation is 1. The van der Waals surface area contributed by atoms with Crippen molar-refractivity contribution in [2.75, 3.05) is 5.32 Å². The van der Waals surface area contributed by atoms with Crippen molar-refractivity contribution < 1.29 is 18.3 Å². The Morgan fingerprint density at radius 1 is 1.00 bits per heavy atom. The summed E-state index contributed by atoms with van der Waals surface area (Å²) in [6.45, 7) is 3.51. The number of hydrogen-bond donors (Lipinski definition) is 2. The fourth-order valence-electron chi connectivity index (χ4n) is 3.47. The van der Waals surface area contributed by atoms with E-state index in [1.54, 1.807) is 55.3 Å². The van der Waals surface area contributed by atoms with Crippen molar-refractivity contribution in [1.82, 2.24) is 29.7 Å². The lowest BCUT2D eigenvalue weighted by atomic mass is 10.0. The molecular weight excluding hydrogens is 435 g/mol. The quantitative estimate of drug-likeness (QED) is 0.426. The van der Waals surface area contributed by atoms with Crippen molar-refractivity contribution in [3.63, 3.8) is 0 Å². The minimum atomic E-state index is -4.54. The van der Waals surface area contributed by atoms with Crippen LogP contribution in [-0.4, -0.2) is 41.1 Å². The number of aliphatic hydroxyl groups is 1. The number of aromatic nitrogens is 6. The van der Waals surface area contributed by atoms with Crippen LogP contribution < -0.4 is 5.32 Å². The van der Waals surface area contributed by atoms with E-state index >= 15 is 0 Å². The van der Waals surface area contributed by atoms with E-state index in [1.807, 2.05) is 0 Å². The first-order valence-electron chi connectivity index (χ1n) is 9.98. The summed E-state index contributed by atoms with van der Waals surface area (Å²) in [6.07, 6.45) is 0.412. The molecule has 0 bridgehead atoms. The van der Waals surface area contributed by atoms with Crippen LogP contribution in [0.1, 0.15) is 17.1 Å². The highest BCUT2D eigenvalue weighted by Crippen LogP contribution is 2.33. The van der Waals surface area contributed by atoms with Crippen molar-refractivity contribution in [2.45, 2.75) is 32.8 Å². The first-order chi connectivity index (χ1) is 15.7. The third-order valence-corrected chi connectivity index (χ3v) is 4.97. The first-order valence-corrected chi connectivity index (χ1v) is 9.98. The smallest absolute Gasteiger partial charge is 0.372 e. The Kier molecular flexibility index (Phi) is 6.05. The van der Waals surface area contributed by atoms with Gasteiger partial charge in [-0.3, -0.25) is 9.67 Å². The summed E-state index contributed by atoms with van der Waals surface area (Å²) < 4.78 is 40.7. The molecule has 0 aromatic carbocycles. The first kappa shape index (κ1) is 22.3. The van der Waals surface area contributed by atoms with Crippen LogP contribution in [0.4, 0.5) is 19.0 Å². The minimum Gasteiger partial charge on any atom is -0.372 e. The number of anilines is 1. The molecule has 4 aromatic rings. The molecule has 1 atom stereocenters. The normalized spacial score (nSPS) is 12.5. The predicted molar refractivity (Wildman–Crippen MR) is 115 cm³/mol. The van der Waals surface area contributed by atoms with Gasteiger partial charge in [0, 0.05) is 41.6 Å². The van der Waals surface area contributed by atoms with E-state index < -0.39 is 18.1 Å². The molecule has 0 saturated carbocycles. The molecule has 0 aliphatic carbocycles. The predicted octanol–water partition coefficient (Wildman–Crippen LogP) is 3.86. The van der Waals surface area contributed by atoms with Crippen molar-refractivity contribution in [3.05, 3.63) is 72.2 Å². The number of nitrogens with zero attached hydrogens (tertiary/aromatic N) is 6. The lowest BCUT2D eigenvalue weighted by molar-refractivity contribution is -0.141. The molecule has 33 heavy (non-hydrogen) atoms. The van der Waals surface area contributed by atoms with Crippen LogP contribution in [0.5, 0.6) is 0 Å². The second-order valence-electron chi connectivity index (χ2n) is 7.32. The van der Waals surface area contributed by atoms with Crippen molar-refractivity contribution >= 4 is 5.82 Å². The Hall–Kier alpha value is -3.86. The van der Waals surface area contributed by atoms with Gasteiger partial charge in [-0.15, -0.1) is 0 Å². The Bertz CT molecular complexity index is 1240. The van der Waals surface area contributed by atoms with E-state index in [9.17, 15) is 18.3 Å². The number of aliphatic hydroxyl groups excluding tert-OH is 1. The van der Waals surface area contributed by atoms with Gasteiger partial charge in [0.25, 0.3) is 0 Å². The number of halogens is 3. The van der Waals surface area contributed by atoms with Gasteiger partial charge in [0.05, 0.1) is 12.2 Å². The zero-order valence-electron chi connectivity index (χ0n) is 17.7. The highest BCUT2D eigenvalue weighted by molar-refractivity contribution is 5.68. The Labute approximate surface area is 187 Å². The molecule has 0 amide bonds. The maximum atomic E-state index is 13.1. The number of nitrogens with one attached hydrogen (secondary N) is 1. The average Bonchev–Trinajstić information content (AvgIpc) is 3.07. The van der Waals surface area contributed by atoms with Crippen molar-refractivity contribution in [3.8, 4) is 22.5 Å². The summed E-state index contributed by atoms with van der Waals surface area (Å²) in [6, 6.07) is 7.69. The number of pyridine rings is 2. The van der Waals surface area contributed by atoms with Gasteiger partial charge in [-0.05, 0) is 49.7 Å². The Morgan fingerprint density at radius 2 is 1.76 bits per heavy atom. The molecule has 0 aliphatic rings. The van der Waals surface area contributed by atoms with E-state index in [2.05, 4.69) is 30.4 Å². The molecule has 11 heteroatoms. The fraction of sp³-hybridized carbons (Fsp3) is 0.227. The third-order valence-electron chi connectivity index (χ3n) is 4.97. The topological polar surface area (TPSA) is 102 Å². The molecule has 4 heterocycles. The molecule has 0 saturated heterocycles. The SMILES string of the molecule is Cc1nn(CC(O)Nc2ccc(-c3ncccn3)cn2)c(C)c1-c1ccnc(C(F)(F)F)c1. The van der Waals surface area contributed by atoms with Crippen molar-refractivity contribution in [2.24, 2.45) is 0 Å². The van der Waals surface area contributed by atoms with E-state index in [-0.39, 0.29) is 6.54 Å². The van der Waals surface area contributed by atoms with Gasteiger partial charge in [-0.2, -0.15) is 18.3 Å². The average molecular weight is 455 g/mol. The summed E-state index contributed by atoms with van der Waals surface area (Å²) in [5.41, 5.74) is 1.86. The van der Waals surface area contributed by atoms with Gasteiger partial charge in [0.15, 0.2) is 5.82 Å². The van der Waals surface area contributed by atoms with E-state index in [4.69, 9.17) is 0 Å². The zero-order valence-corrected chi connectivity index (χ0v) is 17.7. The van der Waals surface area contributed by atoms with Crippen LogP contribution >= 0.6 is 0 Å². The van der Waals surface area contributed by atoms with Crippen LogP contribution in [0.25, 0.3) is 22.5 Å². The number of hydrogen-bond acceptors (Lipinski definition) is 7. The van der Waals surface area contributed by atoms with Gasteiger partial charge in [-0.25, -0.2) is 15.0 Å². The van der Waals surface area contributed by atoms with Crippen LogP contribution in [-0.2, 0) is 12.7 Å². The van der Waals surface area contributed by atoms with E-state index in [0.717, 1.165) is 17.8 Å². The monoisotopic (exact) mass is 455 g/mol. The van der Waals surface area contributed by atoms with Gasteiger partial charge < -0.3 is 10.4 Å². The van der Waals surface area contributed by atoms with Crippen molar-refractivity contribution in [1.29, 1.82) is 0 Å². The number of alkyl halides is 3. The molecule has 2 N–H and O–H groups in total. The molecule has 170 valence electrons. The molecule has 4 aromatic heterocycles. The van der Waals surface area contributed by atoms with Gasteiger partial charge in [0.1, 0.15) is 17.7 Å². The molecular formula is C22H20F3N7O. The highest BCUT2D eigenvalue weighted by Gasteiger charge is 2.33. The molecule has 0 fully saturated rings. The Morgan fingerprint density at radius 3 is 2.42 bits per heavy atom. The molecule has 0 spiro atoms. The molecule has 4 rings (SSSR count).